The van der Waals surface area contributed by atoms with Crippen molar-refractivity contribution in [1.82, 2.24) is 4.98 Å². The standard InChI is InChI=1S/C13H19N3O4/c1-3-19-12(18)10-7-20-13(15-10)16-6-9(11(14)17)5-4-8(16)2/h7-9H,3-6H2,1-2H3,(H2,14,17). The zero-order chi connectivity index (χ0) is 14.7. The van der Waals surface area contributed by atoms with Crippen molar-refractivity contribution in [3.63, 3.8) is 0 Å². The third kappa shape index (κ3) is 2.92. The van der Waals surface area contributed by atoms with Crippen LogP contribution in [0.1, 0.15) is 37.2 Å². The number of nitrogens with two attached hydrogens (primary N) is 1. The average molecular weight is 281 g/mol. The number of esters is 1. The quantitative estimate of drug-likeness (QED) is 0.825. The highest BCUT2D eigenvalue weighted by molar-refractivity contribution is 5.87. The van der Waals surface area contributed by atoms with Gasteiger partial charge in [0.05, 0.1) is 12.5 Å². The van der Waals surface area contributed by atoms with Crippen LogP contribution in [-0.2, 0) is 9.53 Å². The summed E-state index contributed by atoms with van der Waals surface area (Å²) in [6.07, 6.45) is 2.86. The molecule has 1 aliphatic rings. The first kappa shape index (κ1) is 14.4. The third-order valence-corrected chi connectivity index (χ3v) is 3.51. The van der Waals surface area contributed by atoms with Crippen LogP contribution in [0.2, 0.25) is 0 Å². The molecule has 20 heavy (non-hydrogen) atoms. The number of hydrogen-bond acceptors (Lipinski definition) is 6. The molecule has 1 aromatic rings. The van der Waals surface area contributed by atoms with Crippen LogP contribution in [0.3, 0.4) is 0 Å². The summed E-state index contributed by atoms with van der Waals surface area (Å²) in [6.45, 7) is 4.48. The average Bonchev–Trinajstić information content (AvgIpc) is 2.88. The van der Waals surface area contributed by atoms with Crippen LogP contribution in [-0.4, -0.2) is 36.1 Å². The summed E-state index contributed by atoms with van der Waals surface area (Å²) in [4.78, 5) is 28.9. The molecule has 1 saturated heterocycles. The van der Waals surface area contributed by atoms with Crippen molar-refractivity contribution in [1.29, 1.82) is 0 Å². The number of carbonyl (C=O) groups excluding carboxylic acids is 2. The Balaban J connectivity index is 2.13. The number of primary amides is 1. The number of anilines is 1. The normalized spacial score (nSPS) is 22.6. The molecule has 7 heteroatoms. The molecule has 0 aliphatic carbocycles. The van der Waals surface area contributed by atoms with E-state index in [1.165, 1.54) is 6.26 Å². The smallest absolute Gasteiger partial charge is 0.360 e. The molecule has 1 amide bonds. The second-order valence-corrected chi connectivity index (χ2v) is 4.91. The number of rotatable bonds is 4. The molecule has 7 nitrogen and oxygen atoms in total. The number of piperidine rings is 1. The topological polar surface area (TPSA) is 98.7 Å². The van der Waals surface area contributed by atoms with E-state index in [-0.39, 0.29) is 30.2 Å². The fourth-order valence-electron chi connectivity index (χ4n) is 2.30. The molecule has 2 atom stereocenters. The molecule has 0 spiro atoms. The Morgan fingerprint density at radius 1 is 1.55 bits per heavy atom. The van der Waals surface area contributed by atoms with Gasteiger partial charge < -0.3 is 19.8 Å². The number of amides is 1. The molecule has 2 unspecified atom stereocenters. The van der Waals surface area contributed by atoms with Crippen LogP contribution in [0.25, 0.3) is 0 Å². The van der Waals surface area contributed by atoms with E-state index in [2.05, 4.69) is 4.98 Å². The van der Waals surface area contributed by atoms with Crippen LogP contribution in [0.4, 0.5) is 6.01 Å². The van der Waals surface area contributed by atoms with Gasteiger partial charge in [-0.05, 0) is 26.7 Å². The van der Waals surface area contributed by atoms with E-state index >= 15 is 0 Å². The Morgan fingerprint density at radius 2 is 2.30 bits per heavy atom. The van der Waals surface area contributed by atoms with Gasteiger partial charge in [0.25, 0.3) is 6.01 Å². The first-order valence-corrected chi connectivity index (χ1v) is 6.71. The monoisotopic (exact) mass is 281 g/mol. The lowest BCUT2D eigenvalue weighted by Crippen LogP contribution is -2.46. The maximum absolute atomic E-state index is 11.6. The highest BCUT2D eigenvalue weighted by atomic mass is 16.5. The molecule has 1 aliphatic heterocycles. The fourth-order valence-corrected chi connectivity index (χ4v) is 2.30. The van der Waals surface area contributed by atoms with Gasteiger partial charge >= 0.3 is 5.97 Å². The van der Waals surface area contributed by atoms with Crippen LogP contribution < -0.4 is 10.6 Å². The molecule has 1 fully saturated rings. The van der Waals surface area contributed by atoms with Crippen molar-refractivity contribution in [2.24, 2.45) is 11.7 Å². The van der Waals surface area contributed by atoms with E-state index in [4.69, 9.17) is 14.9 Å². The molecular weight excluding hydrogens is 262 g/mol. The number of ether oxygens (including phenoxy) is 1. The molecule has 0 radical (unpaired) electrons. The summed E-state index contributed by atoms with van der Waals surface area (Å²) in [6, 6.07) is 0.505. The number of oxazole rings is 1. The highest BCUT2D eigenvalue weighted by Gasteiger charge is 2.31. The van der Waals surface area contributed by atoms with Crippen LogP contribution in [0.15, 0.2) is 10.7 Å². The van der Waals surface area contributed by atoms with Gasteiger partial charge in [0.1, 0.15) is 6.26 Å². The molecule has 0 saturated carbocycles. The van der Waals surface area contributed by atoms with Crippen LogP contribution in [0, 0.1) is 5.92 Å². The van der Waals surface area contributed by atoms with Crippen molar-refractivity contribution in [3.8, 4) is 0 Å². The minimum Gasteiger partial charge on any atom is -0.461 e. The number of hydrogen-bond donors (Lipinski definition) is 1. The van der Waals surface area contributed by atoms with E-state index in [9.17, 15) is 9.59 Å². The van der Waals surface area contributed by atoms with Crippen molar-refractivity contribution in [3.05, 3.63) is 12.0 Å². The summed E-state index contributed by atoms with van der Waals surface area (Å²) in [5, 5.41) is 0. The Kier molecular flexibility index (Phi) is 4.26. The molecule has 2 rings (SSSR count). The predicted octanol–water partition coefficient (Wildman–Crippen LogP) is 0.941. The van der Waals surface area contributed by atoms with E-state index in [1.54, 1.807) is 6.92 Å². The summed E-state index contributed by atoms with van der Waals surface area (Å²) in [5.74, 6) is -1.05. The van der Waals surface area contributed by atoms with E-state index in [0.29, 0.717) is 12.6 Å². The lowest BCUT2D eigenvalue weighted by molar-refractivity contribution is -0.122. The van der Waals surface area contributed by atoms with Gasteiger partial charge in [0, 0.05) is 12.6 Å². The Morgan fingerprint density at radius 3 is 2.95 bits per heavy atom. The van der Waals surface area contributed by atoms with E-state index < -0.39 is 5.97 Å². The molecule has 2 heterocycles. The van der Waals surface area contributed by atoms with Crippen molar-refractivity contribution < 1.29 is 18.7 Å². The van der Waals surface area contributed by atoms with Crippen LogP contribution in [0.5, 0.6) is 0 Å². The lowest BCUT2D eigenvalue weighted by Gasteiger charge is -2.35. The molecular formula is C13H19N3O4. The summed E-state index contributed by atoms with van der Waals surface area (Å²) < 4.78 is 10.2. The zero-order valence-corrected chi connectivity index (χ0v) is 11.7. The maximum atomic E-state index is 11.6. The first-order chi connectivity index (χ1) is 9.52. The fraction of sp³-hybridized carbons (Fsp3) is 0.615. The van der Waals surface area contributed by atoms with E-state index in [1.807, 2.05) is 11.8 Å². The van der Waals surface area contributed by atoms with Crippen molar-refractivity contribution >= 4 is 17.9 Å². The van der Waals surface area contributed by atoms with Gasteiger partial charge in [-0.3, -0.25) is 4.79 Å². The Bertz CT molecular complexity index is 500. The predicted molar refractivity (Wildman–Crippen MR) is 71.2 cm³/mol. The summed E-state index contributed by atoms with van der Waals surface area (Å²) >= 11 is 0. The number of carbonyl (C=O) groups is 2. The van der Waals surface area contributed by atoms with Gasteiger partial charge in [0.2, 0.25) is 5.91 Å². The highest BCUT2D eigenvalue weighted by Crippen LogP contribution is 2.27. The second-order valence-electron chi connectivity index (χ2n) is 4.91. The van der Waals surface area contributed by atoms with Gasteiger partial charge in [0.15, 0.2) is 5.69 Å². The van der Waals surface area contributed by atoms with Crippen molar-refractivity contribution in [2.45, 2.75) is 32.7 Å². The Hall–Kier alpha value is -2.05. The third-order valence-electron chi connectivity index (χ3n) is 3.51. The first-order valence-electron chi connectivity index (χ1n) is 6.71. The van der Waals surface area contributed by atoms with Gasteiger partial charge in [-0.15, -0.1) is 0 Å². The number of aromatic nitrogens is 1. The zero-order valence-electron chi connectivity index (χ0n) is 11.7. The van der Waals surface area contributed by atoms with Crippen molar-refractivity contribution in [2.75, 3.05) is 18.1 Å². The van der Waals surface area contributed by atoms with Gasteiger partial charge in [-0.1, -0.05) is 0 Å². The molecule has 0 aromatic carbocycles. The minimum absolute atomic E-state index is 0.134. The minimum atomic E-state index is -0.515. The molecule has 2 N–H and O–H groups in total. The lowest BCUT2D eigenvalue weighted by atomic mass is 9.93. The maximum Gasteiger partial charge on any atom is 0.360 e. The second kappa shape index (κ2) is 5.94. The Labute approximate surface area is 117 Å². The van der Waals surface area contributed by atoms with Gasteiger partial charge in [-0.2, -0.15) is 4.98 Å². The largest absolute Gasteiger partial charge is 0.461 e. The number of nitrogens with zero attached hydrogens (tertiary/aromatic N) is 2. The SMILES string of the molecule is CCOC(=O)c1coc(N2CC(C(N)=O)CCC2C)n1. The summed E-state index contributed by atoms with van der Waals surface area (Å²) in [5.41, 5.74) is 5.49. The summed E-state index contributed by atoms with van der Waals surface area (Å²) in [7, 11) is 0. The van der Waals surface area contributed by atoms with E-state index in [0.717, 1.165) is 12.8 Å². The molecule has 110 valence electrons. The molecule has 0 bridgehead atoms. The van der Waals surface area contributed by atoms with Gasteiger partial charge in [-0.25, -0.2) is 4.79 Å². The van der Waals surface area contributed by atoms with Crippen LogP contribution >= 0.6 is 0 Å². The molecule has 1 aromatic heterocycles.